The standard InChI is InChI=1S/C23H26F3N7O3S2/c1-13-16(12-33(30-13)14-4-6-31(2)7-5-14)28-22-27-11-15(23(24,25)26)19(29-22)17-10-18-20(37-17)21(34)32(3)8-9-38(18,35)36/h10-12,14H,4-9H2,1-3H3,(H,27,28,29). The SMILES string of the molecule is Cc1nn(C2CCN(C)CC2)cc1Nc1ncc(C(F)(F)F)c(-c2cc3c(s2)C(=O)N(C)CCS3(=O)=O)n1. The number of rotatable bonds is 4. The van der Waals surface area contributed by atoms with Crippen LogP contribution in [0, 0.1) is 6.92 Å². The molecule has 2 aliphatic rings. The van der Waals surface area contributed by atoms with Crippen molar-refractivity contribution < 1.29 is 26.4 Å². The smallest absolute Gasteiger partial charge is 0.340 e. The van der Waals surface area contributed by atoms with E-state index in [1.54, 1.807) is 13.1 Å². The van der Waals surface area contributed by atoms with Gasteiger partial charge in [-0.05, 0) is 46.0 Å². The van der Waals surface area contributed by atoms with Crippen molar-refractivity contribution in [3.63, 3.8) is 0 Å². The van der Waals surface area contributed by atoms with Crippen LogP contribution in [0.4, 0.5) is 24.8 Å². The lowest BCUT2D eigenvalue weighted by atomic mass is 10.1. The van der Waals surface area contributed by atoms with Crippen molar-refractivity contribution >= 4 is 38.7 Å². The number of piperidine rings is 1. The topological polar surface area (TPSA) is 113 Å². The minimum absolute atomic E-state index is 0.00212. The van der Waals surface area contributed by atoms with Crippen LogP contribution in [0.25, 0.3) is 10.6 Å². The molecule has 0 bridgehead atoms. The Morgan fingerprint density at radius 2 is 1.87 bits per heavy atom. The summed E-state index contributed by atoms with van der Waals surface area (Å²) in [5.41, 5.74) is -0.442. The van der Waals surface area contributed by atoms with E-state index >= 15 is 0 Å². The Labute approximate surface area is 221 Å². The quantitative estimate of drug-likeness (QED) is 0.507. The number of alkyl halides is 3. The van der Waals surface area contributed by atoms with E-state index in [0.717, 1.165) is 32.0 Å². The maximum absolute atomic E-state index is 13.9. The van der Waals surface area contributed by atoms with Gasteiger partial charge < -0.3 is 15.1 Å². The zero-order valence-electron chi connectivity index (χ0n) is 20.9. The first-order valence-electron chi connectivity index (χ1n) is 11.9. The minimum atomic E-state index is -4.80. The van der Waals surface area contributed by atoms with Crippen LogP contribution in [-0.2, 0) is 16.0 Å². The van der Waals surface area contributed by atoms with Crippen molar-refractivity contribution in [2.45, 2.75) is 36.9 Å². The number of carbonyl (C=O) groups is 1. The molecule has 5 rings (SSSR count). The van der Waals surface area contributed by atoms with Crippen molar-refractivity contribution in [3.8, 4) is 10.6 Å². The maximum atomic E-state index is 13.9. The third-order valence-corrected chi connectivity index (χ3v) is 9.79. The summed E-state index contributed by atoms with van der Waals surface area (Å²) in [6, 6.07) is 1.32. The van der Waals surface area contributed by atoms with Gasteiger partial charge in [0.05, 0.1) is 38.6 Å². The van der Waals surface area contributed by atoms with Crippen molar-refractivity contribution in [2.75, 3.05) is 44.8 Å². The van der Waals surface area contributed by atoms with Gasteiger partial charge in [-0.25, -0.2) is 18.4 Å². The molecular weight excluding hydrogens is 543 g/mol. The summed E-state index contributed by atoms with van der Waals surface area (Å²) in [4.78, 5) is 23.8. The first kappa shape index (κ1) is 26.6. The van der Waals surface area contributed by atoms with Crippen molar-refractivity contribution in [3.05, 3.63) is 34.6 Å². The molecule has 204 valence electrons. The zero-order valence-corrected chi connectivity index (χ0v) is 22.5. The second-order valence-electron chi connectivity index (χ2n) is 9.57. The molecule has 0 spiro atoms. The average Bonchev–Trinajstić information content (AvgIpc) is 3.45. The maximum Gasteiger partial charge on any atom is 0.420 e. The molecule has 38 heavy (non-hydrogen) atoms. The number of halogens is 3. The summed E-state index contributed by atoms with van der Waals surface area (Å²) >= 11 is 0.679. The van der Waals surface area contributed by atoms with Crippen LogP contribution in [0.3, 0.4) is 0 Å². The molecule has 0 unspecified atom stereocenters. The van der Waals surface area contributed by atoms with Gasteiger partial charge in [-0.2, -0.15) is 18.3 Å². The predicted octanol–water partition coefficient (Wildman–Crippen LogP) is 3.60. The lowest BCUT2D eigenvalue weighted by Gasteiger charge is -2.28. The third kappa shape index (κ3) is 5.01. The number of anilines is 2. The highest BCUT2D eigenvalue weighted by molar-refractivity contribution is 7.91. The van der Waals surface area contributed by atoms with Gasteiger partial charge >= 0.3 is 6.18 Å². The number of amides is 1. The van der Waals surface area contributed by atoms with E-state index in [9.17, 15) is 26.4 Å². The fraction of sp³-hybridized carbons (Fsp3) is 0.478. The third-order valence-electron chi connectivity index (χ3n) is 6.82. The van der Waals surface area contributed by atoms with Gasteiger partial charge in [0.1, 0.15) is 10.4 Å². The van der Waals surface area contributed by atoms with E-state index in [4.69, 9.17) is 0 Å². The van der Waals surface area contributed by atoms with Gasteiger partial charge in [0, 0.05) is 26.0 Å². The van der Waals surface area contributed by atoms with Crippen LogP contribution in [0.1, 0.15) is 39.8 Å². The largest absolute Gasteiger partial charge is 0.420 e. The molecule has 0 saturated carbocycles. The second-order valence-corrected chi connectivity index (χ2v) is 12.7. The number of fused-ring (bicyclic) bond motifs is 1. The van der Waals surface area contributed by atoms with E-state index in [-0.39, 0.29) is 38.9 Å². The summed E-state index contributed by atoms with van der Waals surface area (Å²) in [6.45, 7) is 3.66. The average molecular weight is 570 g/mol. The summed E-state index contributed by atoms with van der Waals surface area (Å²) in [5.74, 6) is -0.981. The molecule has 1 N–H and O–H groups in total. The monoisotopic (exact) mass is 569 g/mol. The molecule has 3 aromatic heterocycles. The number of hydrogen-bond donors (Lipinski definition) is 1. The molecule has 1 saturated heterocycles. The molecule has 0 radical (unpaired) electrons. The van der Waals surface area contributed by atoms with E-state index in [2.05, 4.69) is 32.3 Å². The van der Waals surface area contributed by atoms with Crippen LogP contribution < -0.4 is 5.32 Å². The number of likely N-dealkylation sites (tertiary alicyclic amines) is 1. The highest BCUT2D eigenvalue weighted by atomic mass is 32.2. The van der Waals surface area contributed by atoms with Gasteiger partial charge in [0.2, 0.25) is 5.95 Å². The number of nitrogens with one attached hydrogen (secondary N) is 1. The Kier molecular flexibility index (Phi) is 6.72. The number of hydrogen-bond acceptors (Lipinski definition) is 9. The Hall–Kier alpha value is -3.04. The molecule has 0 aliphatic carbocycles. The van der Waals surface area contributed by atoms with Gasteiger partial charge in [-0.1, -0.05) is 0 Å². The van der Waals surface area contributed by atoms with Gasteiger partial charge in [-0.3, -0.25) is 9.48 Å². The molecule has 1 fully saturated rings. The second kappa shape index (κ2) is 9.61. The fourth-order valence-corrected chi connectivity index (χ4v) is 7.56. The Bertz CT molecular complexity index is 1490. The normalized spacial score (nSPS) is 18.9. The lowest BCUT2D eigenvalue weighted by Crippen LogP contribution is -2.31. The van der Waals surface area contributed by atoms with E-state index in [0.29, 0.717) is 28.9 Å². The number of sulfone groups is 1. The molecule has 10 nitrogen and oxygen atoms in total. The van der Waals surface area contributed by atoms with E-state index < -0.39 is 33.2 Å². The van der Waals surface area contributed by atoms with Crippen molar-refractivity contribution in [2.24, 2.45) is 0 Å². The van der Waals surface area contributed by atoms with Crippen molar-refractivity contribution in [1.82, 2.24) is 29.5 Å². The summed E-state index contributed by atoms with van der Waals surface area (Å²) < 4.78 is 69.2. The summed E-state index contributed by atoms with van der Waals surface area (Å²) in [7, 11) is -0.348. The summed E-state index contributed by atoms with van der Waals surface area (Å²) in [5, 5.41) is 7.53. The van der Waals surface area contributed by atoms with Crippen LogP contribution in [-0.4, -0.2) is 83.4 Å². The van der Waals surface area contributed by atoms with E-state index in [1.807, 2.05) is 4.68 Å². The highest BCUT2D eigenvalue weighted by Crippen LogP contribution is 2.42. The molecular formula is C23H26F3N7O3S2. The van der Waals surface area contributed by atoms with Gasteiger partial charge in [-0.15, -0.1) is 11.3 Å². The highest BCUT2D eigenvalue weighted by Gasteiger charge is 2.38. The molecule has 1 amide bonds. The van der Waals surface area contributed by atoms with Crippen LogP contribution in [0.2, 0.25) is 0 Å². The van der Waals surface area contributed by atoms with Gasteiger partial charge in [0.15, 0.2) is 9.84 Å². The zero-order chi connectivity index (χ0) is 27.4. The van der Waals surface area contributed by atoms with Crippen molar-refractivity contribution in [1.29, 1.82) is 0 Å². The van der Waals surface area contributed by atoms with Crippen LogP contribution >= 0.6 is 11.3 Å². The molecule has 0 aromatic carbocycles. The summed E-state index contributed by atoms with van der Waals surface area (Å²) in [6.07, 6.45) is -0.491. The molecule has 3 aromatic rings. The number of aromatic nitrogens is 4. The number of nitrogens with zero attached hydrogens (tertiary/aromatic N) is 6. The number of carbonyl (C=O) groups excluding carboxylic acids is 1. The predicted molar refractivity (Wildman–Crippen MR) is 135 cm³/mol. The fourth-order valence-electron chi connectivity index (χ4n) is 4.52. The Morgan fingerprint density at radius 3 is 2.55 bits per heavy atom. The number of thiophene rings is 1. The Balaban J connectivity index is 1.53. The lowest BCUT2D eigenvalue weighted by molar-refractivity contribution is -0.137. The minimum Gasteiger partial charge on any atom is -0.340 e. The van der Waals surface area contributed by atoms with Crippen LogP contribution in [0.15, 0.2) is 23.4 Å². The Morgan fingerprint density at radius 1 is 1.16 bits per heavy atom. The van der Waals surface area contributed by atoms with Crippen LogP contribution in [0.5, 0.6) is 0 Å². The molecule has 5 heterocycles. The molecule has 15 heteroatoms. The number of aryl methyl sites for hydroxylation is 1. The first-order chi connectivity index (χ1) is 17.8. The van der Waals surface area contributed by atoms with E-state index in [1.165, 1.54) is 11.9 Å². The van der Waals surface area contributed by atoms with Gasteiger partial charge in [0.25, 0.3) is 5.91 Å². The molecule has 2 aliphatic heterocycles. The molecule has 0 atom stereocenters. The first-order valence-corrected chi connectivity index (χ1v) is 14.4.